The predicted octanol–water partition coefficient (Wildman–Crippen LogP) is 4.53. The van der Waals surface area contributed by atoms with E-state index in [1.165, 1.54) is 16.9 Å². The first-order valence-corrected chi connectivity index (χ1v) is 10.6. The van der Waals surface area contributed by atoms with E-state index in [4.69, 9.17) is 4.74 Å². The number of carbonyl (C=O) groups is 1. The first-order valence-electron chi connectivity index (χ1n) is 9.75. The van der Waals surface area contributed by atoms with Gasteiger partial charge in [-0.25, -0.2) is 4.98 Å². The zero-order valence-corrected chi connectivity index (χ0v) is 16.7. The monoisotopic (exact) mass is 403 g/mol. The van der Waals surface area contributed by atoms with Crippen LogP contribution in [0.4, 0.5) is 5.13 Å². The molecule has 0 unspecified atom stereocenters. The average Bonchev–Trinajstić information content (AvgIpc) is 3.15. The van der Waals surface area contributed by atoms with Crippen LogP contribution in [0.2, 0.25) is 0 Å². The van der Waals surface area contributed by atoms with Crippen LogP contribution in [-0.2, 0) is 11.3 Å². The van der Waals surface area contributed by atoms with Gasteiger partial charge in [0, 0.05) is 25.2 Å². The van der Waals surface area contributed by atoms with Crippen LogP contribution in [0.15, 0.2) is 60.7 Å². The van der Waals surface area contributed by atoms with Crippen molar-refractivity contribution >= 4 is 43.4 Å². The Morgan fingerprint density at radius 3 is 2.79 bits per heavy atom. The first kappa shape index (κ1) is 18.2. The van der Waals surface area contributed by atoms with Crippen LogP contribution in [0.3, 0.4) is 0 Å². The Labute approximate surface area is 172 Å². The predicted molar refractivity (Wildman–Crippen MR) is 118 cm³/mol. The van der Waals surface area contributed by atoms with Crippen molar-refractivity contribution in [1.82, 2.24) is 9.88 Å². The molecule has 0 atom stereocenters. The Bertz CT molecular complexity index is 1180. The fourth-order valence-corrected chi connectivity index (χ4v) is 4.65. The molecule has 146 valence electrons. The number of nitrogens with one attached hydrogen (secondary N) is 1. The molecular formula is C23H21N3O2S. The number of hydrogen-bond donors (Lipinski definition) is 1. The molecule has 1 aromatic heterocycles. The molecule has 29 heavy (non-hydrogen) atoms. The fourth-order valence-electron chi connectivity index (χ4n) is 3.73. The van der Waals surface area contributed by atoms with Crippen molar-refractivity contribution in [3.8, 4) is 0 Å². The Kier molecular flexibility index (Phi) is 4.97. The normalized spacial score (nSPS) is 15.0. The summed E-state index contributed by atoms with van der Waals surface area (Å²) in [4.78, 5) is 19.9. The number of aromatic nitrogens is 1. The van der Waals surface area contributed by atoms with Crippen LogP contribution in [-0.4, -0.2) is 42.1 Å². The smallest absolute Gasteiger partial charge is 0.258 e. The number of benzene rings is 3. The Balaban J connectivity index is 1.36. The van der Waals surface area contributed by atoms with E-state index >= 15 is 0 Å². The Morgan fingerprint density at radius 2 is 1.90 bits per heavy atom. The quantitative estimate of drug-likeness (QED) is 0.544. The Hall–Kier alpha value is -2.80. The molecule has 1 aliphatic heterocycles. The number of amides is 1. The number of ether oxygens (including phenoxy) is 1. The lowest BCUT2D eigenvalue weighted by Gasteiger charge is -2.26. The van der Waals surface area contributed by atoms with Crippen LogP contribution < -0.4 is 5.32 Å². The third-order valence-corrected chi connectivity index (χ3v) is 6.15. The van der Waals surface area contributed by atoms with Crippen molar-refractivity contribution in [3.05, 3.63) is 71.8 Å². The molecule has 1 N–H and O–H groups in total. The van der Waals surface area contributed by atoms with E-state index in [2.05, 4.69) is 27.3 Å². The lowest BCUT2D eigenvalue weighted by Crippen LogP contribution is -2.35. The van der Waals surface area contributed by atoms with Gasteiger partial charge in [0.1, 0.15) is 0 Å². The van der Waals surface area contributed by atoms with Gasteiger partial charge < -0.3 is 4.74 Å². The van der Waals surface area contributed by atoms with E-state index in [1.54, 1.807) is 0 Å². The largest absolute Gasteiger partial charge is 0.379 e. The molecule has 0 radical (unpaired) electrons. The van der Waals surface area contributed by atoms with Crippen LogP contribution in [0, 0.1) is 0 Å². The summed E-state index contributed by atoms with van der Waals surface area (Å²) >= 11 is 1.52. The van der Waals surface area contributed by atoms with E-state index in [-0.39, 0.29) is 5.91 Å². The highest BCUT2D eigenvalue weighted by Gasteiger charge is 2.14. The summed E-state index contributed by atoms with van der Waals surface area (Å²) in [6, 6.07) is 20.0. The molecule has 4 aromatic rings. The molecule has 0 aliphatic carbocycles. The maximum absolute atomic E-state index is 12.9. The highest BCUT2D eigenvalue weighted by atomic mass is 32.1. The highest BCUT2D eigenvalue weighted by molar-refractivity contribution is 7.22. The van der Waals surface area contributed by atoms with Gasteiger partial charge in [-0.1, -0.05) is 53.8 Å². The van der Waals surface area contributed by atoms with Crippen molar-refractivity contribution in [2.24, 2.45) is 0 Å². The van der Waals surface area contributed by atoms with E-state index in [9.17, 15) is 4.79 Å². The summed E-state index contributed by atoms with van der Waals surface area (Å²) < 4.78 is 6.51. The number of nitrogens with zero attached hydrogens (tertiary/aromatic N) is 2. The third-order valence-electron chi connectivity index (χ3n) is 5.22. The molecule has 0 saturated carbocycles. The summed E-state index contributed by atoms with van der Waals surface area (Å²) in [6.07, 6.45) is 0. The molecular weight excluding hydrogens is 382 g/mol. The zero-order chi connectivity index (χ0) is 19.6. The van der Waals surface area contributed by atoms with Crippen LogP contribution in [0.5, 0.6) is 0 Å². The van der Waals surface area contributed by atoms with Gasteiger partial charge in [-0.05, 0) is 34.5 Å². The maximum atomic E-state index is 12.9. The lowest BCUT2D eigenvalue weighted by atomic mass is 10.0. The molecule has 0 spiro atoms. The third kappa shape index (κ3) is 3.87. The second-order valence-corrected chi connectivity index (χ2v) is 8.22. The van der Waals surface area contributed by atoms with Gasteiger partial charge in [-0.3, -0.25) is 15.0 Å². The van der Waals surface area contributed by atoms with Crippen molar-refractivity contribution in [2.45, 2.75) is 6.54 Å². The number of hydrogen-bond acceptors (Lipinski definition) is 5. The minimum Gasteiger partial charge on any atom is -0.379 e. The van der Waals surface area contributed by atoms with Crippen LogP contribution in [0.25, 0.3) is 21.0 Å². The zero-order valence-electron chi connectivity index (χ0n) is 15.9. The van der Waals surface area contributed by atoms with Gasteiger partial charge in [0.05, 0.1) is 23.4 Å². The van der Waals surface area contributed by atoms with Gasteiger partial charge in [0.15, 0.2) is 5.13 Å². The molecule has 1 fully saturated rings. The molecule has 5 rings (SSSR count). The number of rotatable bonds is 4. The number of morpholine rings is 1. The van der Waals surface area contributed by atoms with Gasteiger partial charge >= 0.3 is 0 Å². The summed E-state index contributed by atoms with van der Waals surface area (Å²) in [7, 11) is 0. The molecule has 1 saturated heterocycles. The van der Waals surface area contributed by atoms with Crippen molar-refractivity contribution in [1.29, 1.82) is 0 Å². The standard InChI is InChI=1S/C23H21N3O2S/c27-22(19-7-3-5-17-4-1-2-6-18(17)19)25-23-24-20-9-8-16(14-21(20)29-23)15-26-10-12-28-13-11-26/h1-9,14H,10-13,15H2,(H,24,25,27). The van der Waals surface area contributed by atoms with Gasteiger partial charge in [-0.2, -0.15) is 0 Å². The second kappa shape index (κ2) is 7.91. The van der Waals surface area contributed by atoms with Crippen molar-refractivity contribution in [3.63, 3.8) is 0 Å². The van der Waals surface area contributed by atoms with Crippen LogP contribution in [0.1, 0.15) is 15.9 Å². The molecule has 1 aliphatic rings. The van der Waals surface area contributed by atoms with Crippen molar-refractivity contribution < 1.29 is 9.53 Å². The molecule has 3 aromatic carbocycles. The molecule has 6 heteroatoms. The molecule has 1 amide bonds. The average molecular weight is 404 g/mol. The van der Waals surface area contributed by atoms with Crippen LogP contribution >= 0.6 is 11.3 Å². The van der Waals surface area contributed by atoms with E-state index < -0.39 is 0 Å². The summed E-state index contributed by atoms with van der Waals surface area (Å²) in [5, 5.41) is 5.61. The van der Waals surface area contributed by atoms with Crippen molar-refractivity contribution in [2.75, 3.05) is 31.6 Å². The molecule has 2 heterocycles. The SMILES string of the molecule is O=C(Nc1nc2ccc(CN3CCOCC3)cc2s1)c1cccc2ccccc12. The van der Waals surface area contributed by atoms with E-state index in [0.29, 0.717) is 10.7 Å². The van der Waals surface area contributed by atoms with Gasteiger partial charge in [0.25, 0.3) is 5.91 Å². The number of carbonyl (C=O) groups excluding carboxylic acids is 1. The summed E-state index contributed by atoms with van der Waals surface area (Å²) in [5.41, 5.74) is 2.83. The molecule has 5 nitrogen and oxygen atoms in total. The van der Waals surface area contributed by atoms with E-state index in [0.717, 1.165) is 53.8 Å². The topological polar surface area (TPSA) is 54.5 Å². The first-order chi connectivity index (χ1) is 14.3. The van der Waals surface area contributed by atoms with E-state index in [1.807, 2.05) is 48.5 Å². The maximum Gasteiger partial charge on any atom is 0.258 e. The van der Waals surface area contributed by atoms with Gasteiger partial charge in [-0.15, -0.1) is 0 Å². The highest BCUT2D eigenvalue weighted by Crippen LogP contribution is 2.28. The number of fused-ring (bicyclic) bond motifs is 2. The second-order valence-electron chi connectivity index (χ2n) is 7.19. The molecule has 0 bridgehead atoms. The minimum absolute atomic E-state index is 0.130. The lowest BCUT2D eigenvalue weighted by molar-refractivity contribution is 0.0342. The number of thiazole rings is 1. The summed E-state index contributed by atoms with van der Waals surface area (Å²) in [5.74, 6) is -0.130. The Morgan fingerprint density at radius 1 is 1.07 bits per heavy atom. The minimum atomic E-state index is -0.130. The fraction of sp³-hybridized carbons (Fsp3) is 0.217. The number of anilines is 1. The summed E-state index contributed by atoms with van der Waals surface area (Å²) in [6.45, 7) is 4.44. The van der Waals surface area contributed by atoms with Gasteiger partial charge in [0.2, 0.25) is 0 Å².